The molecule has 0 bridgehead atoms. The molecule has 1 amide bonds. The van der Waals surface area contributed by atoms with Gasteiger partial charge in [-0.1, -0.05) is 17.3 Å². The quantitative estimate of drug-likeness (QED) is 0.863. The number of nitrogens with two attached hydrogens (primary N) is 1. The highest BCUT2D eigenvalue weighted by atomic mass is 16.6. The first kappa shape index (κ1) is 17.6. The molecule has 2 aromatic rings. The van der Waals surface area contributed by atoms with Crippen molar-refractivity contribution in [3.05, 3.63) is 35.7 Å². The molecule has 0 aliphatic heterocycles. The Bertz CT molecular complexity index is 676. The summed E-state index contributed by atoms with van der Waals surface area (Å²) in [7, 11) is 1.60. The van der Waals surface area contributed by atoms with E-state index in [2.05, 4.69) is 15.5 Å². The summed E-state index contributed by atoms with van der Waals surface area (Å²) in [5, 5.41) is 6.54. The second-order valence-corrected chi connectivity index (χ2v) is 6.24. The first-order valence-corrected chi connectivity index (χ1v) is 7.48. The molecule has 1 aromatic carbocycles. The maximum atomic E-state index is 12.1. The van der Waals surface area contributed by atoms with Gasteiger partial charge in [-0.05, 0) is 38.5 Å². The van der Waals surface area contributed by atoms with Crippen LogP contribution in [-0.2, 0) is 11.2 Å². The number of methoxy groups -OCH3 is 1. The van der Waals surface area contributed by atoms with Gasteiger partial charge >= 0.3 is 12.1 Å². The number of ether oxygens (including phenoxy) is 2. The molecule has 0 fully saturated rings. The molecule has 0 saturated carbocycles. The van der Waals surface area contributed by atoms with Crippen LogP contribution in [0.2, 0.25) is 0 Å². The molecule has 1 aromatic heterocycles. The largest absolute Gasteiger partial charge is 0.497 e. The fraction of sp³-hybridized carbons (Fsp3) is 0.438. The Hall–Kier alpha value is -2.77. The third-order valence-electron chi connectivity index (χ3n) is 3.06. The summed E-state index contributed by atoms with van der Waals surface area (Å²) >= 11 is 0. The lowest BCUT2D eigenvalue weighted by atomic mass is 10.1. The summed E-state index contributed by atoms with van der Waals surface area (Å²) in [4.78, 5) is 16.1. The molecule has 0 aliphatic carbocycles. The van der Waals surface area contributed by atoms with Gasteiger partial charge in [-0.25, -0.2) is 4.79 Å². The van der Waals surface area contributed by atoms with Crippen LogP contribution >= 0.6 is 0 Å². The standard InChI is InChI=1S/C16H22N4O4/c1-16(2,3)23-15(21)18-12(13-19-14(17)24-20-13)9-10-5-7-11(22-4)8-6-10/h5-8,12H,9H2,1-4H3,(H,18,21)(H2,17,19,20)/t12-/m0/s1. The van der Waals surface area contributed by atoms with Crippen molar-refractivity contribution in [3.63, 3.8) is 0 Å². The smallest absolute Gasteiger partial charge is 0.408 e. The number of nitrogens with one attached hydrogen (secondary N) is 1. The van der Waals surface area contributed by atoms with Crippen LogP contribution in [0.1, 0.15) is 38.2 Å². The van der Waals surface area contributed by atoms with Crippen molar-refractivity contribution in [3.8, 4) is 5.75 Å². The van der Waals surface area contributed by atoms with Gasteiger partial charge in [0.2, 0.25) is 0 Å². The number of carbonyl (C=O) groups excluding carboxylic acids is 1. The van der Waals surface area contributed by atoms with Gasteiger partial charge in [0.05, 0.1) is 13.2 Å². The zero-order valence-corrected chi connectivity index (χ0v) is 14.2. The Morgan fingerprint density at radius 3 is 2.50 bits per heavy atom. The first-order chi connectivity index (χ1) is 11.3. The van der Waals surface area contributed by atoms with Gasteiger partial charge < -0.3 is 25.0 Å². The van der Waals surface area contributed by atoms with E-state index in [1.165, 1.54) is 0 Å². The maximum Gasteiger partial charge on any atom is 0.408 e. The van der Waals surface area contributed by atoms with Gasteiger partial charge in [0.15, 0.2) is 5.82 Å². The second kappa shape index (κ2) is 7.20. The number of benzene rings is 1. The summed E-state index contributed by atoms with van der Waals surface area (Å²) in [6.07, 6.45) is -0.119. The Balaban J connectivity index is 2.14. The number of anilines is 1. The van der Waals surface area contributed by atoms with Crippen LogP contribution in [0.25, 0.3) is 0 Å². The van der Waals surface area contributed by atoms with Crippen molar-refractivity contribution in [1.82, 2.24) is 15.5 Å². The predicted molar refractivity (Wildman–Crippen MR) is 87.5 cm³/mol. The number of aromatic nitrogens is 2. The van der Waals surface area contributed by atoms with Gasteiger partial charge in [-0.15, -0.1) is 0 Å². The minimum Gasteiger partial charge on any atom is -0.497 e. The number of nitrogens with zero attached hydrogens (tertiary/aromatic N) is 2. The molecule has 1 heterocycles. The Morgan fingerprint density at radius 1 is 1.33 bits per heavy atom. The normalized spacial score (nSPS) is 12.5. The molecule has 3 N–H and O–H groups in total. The summed E-state index contributed by atoms with van der Waals surface area (Å²) in [6.45, 7) is 5.37. The maximum absolute atomic E-state index is 12.1. The summed E-state index contributed by atoms with van der Waals surface area (Å²) in [6, 6.07) is 6.87. The third-order valence-corrected chi connectivity index (χ3v) is 3.06. The lowest BCUT2D eigenvalue weighted by molar-refractivity contribution is 0.0500. The van der Waals surface area contributed by atoms with Gasteiger partial charge in [-0.3, -0.25) is 0 Å². The van der Waals surface area contributed by atoms with E-state index in [0.717, 1.165) is 11.3 Å². The molecule has 24 heavy (non-hydrogen) atoms. The number of amides is 1. The van der Waals surface area contributed by atoms with E-state index < -0.39 is 17.7 Å². The summed E-state index contributed by atoms with van der Waals surface area (Å²) in [5.41, 5.74) is 5.83. The highest BCUT2D eigenvalue weighted by molar-refractivity contribution is 5.68. The van der Waals surface area contributed by atoms with Crippen LogP contribution < -0.4 is 15.8 Å². The number of hydrogen-bond acceptors (Lipinski definition) is 7. The predicted octanol–water partition coefficient (Wildman–Crippen LogP) is 2.47. The van der Waals surface area contributed by atoms with E-state index in [1.54, 1.807) is 27.9 Å². The average Bonchev–Trinajstić information content (AvgIpc) is 2.92. The molecule has 2 rings (SSSR count). The number of carbonyl (C=O) groups is 1. The van der Waals surface area contributed by atoms with Gasteiger partial charge in [0, 0.05) is 6.42 Å². The first-order valence-electron chi connectivity index (χ1n) is 7.48. The fourth-order valence-electron chi connectivity index (χ4n) is 2.04. The molecule has 0 radical (unpaired) electrons. The zero-order chi connectivity index (χ0) is 17.7. The number of nitrogen functional groups attached to an aromatic ring is 1. The van der Waals surface area contributed by atoms with E-state index in [1.807, 2.05) is 24.3 Å². The Kier molecular flexibility index (Phi) is 5.28. The summed E-state index contributed by atoms with van der Waals surface area (Å²) in [5.74, 6) is 1.04. The van der Waals surface area contributed by atoms with Crippen molar-refractivity contribution in [1.29, 1.82) is 0 Å². The third kappa shape index (κ3) is 5.15. The minimum absolute atomic E-state index is 0.0595. The van der Waals surface area contributed by atoms with E-state index in [4.69, 9.17) is 19.7 Å². The Morgan fingerprint density at radius 2 is 2.00 bits per heavy atom. The van der Waals surface area contributed by atoms with Crippen LogP contribution in [0.15, 0.2) is 28.8 Å². The molecular weight excluding hydrogens is 312 g/mol. The number of hydrogen-bond donors (Lipinski definition) is 2. The van der Waals surface area contributed by atoms with Crippen molar-refractivity contribution < 1.29 is 18.8 Å². The lowest BCUT2D eigenvalue weighted by Crippen LogP contribution is -2.36. The Labute approximate surface area is 140 Å². The minimum atomic E-state index is -0.606. The van der Waals surface area contributed by atoms with Gasteiger partial charge in [0.25, 0.3) is 0 Å². The fourth-order valence-corrected chi connectivity index (χ4v) is 2.04. The summed E-state index contributed by atoms with van der Waals surface area (Å²) < 4.78 is 15.2. The molecule has 0 saturated heterocycles. The molecule has 1 atom stereocenters. The number of rotatable bonds is 5. The van der Waals surface area contributed by atoms with Gasteiger partial charge in [0.1, 0.15) is 11.4 Å². The van der Waals surface area contributed by atoms with E-state index >= 15 is 0 Å². The second-order valence-electron chi connectivity index (χ2n) is 6.24. The molecule has 0 spiro atoms. The lowest BCUT2D eigenvalue weighted by Gasteiger charge is -2.22. The van der Waals surface area contributed by atoms with Crippen molar-refractivity contribution in [2.75, 3.05) is 12.8 Å². The highest BCUT2D eigenvalue weighted by Gasteiger charge is 2.24. The topological polar surface area (TPSA) is 112 Å². The molecule has 130 valence electrons. The zero-order valence-electron chi connectivity index (χ0n) is 14.2. The molecule has 8 heteroatoms. The molecule has 0 aliphatic rings. The molecule has 0 unspecified atom stereocenters. The van der Waals surface area contributed by atoms with Crippen LogP contribution in [-0.4, -0.2) is 28.9 Å². The van der Waals surface area contributed by atoms with E-state index in [0.29, 0.717) is 6.42 Å². The average molecular weight is 334 g/mol. The SMILES string of the molecule is COc1ccc(C[C@H](NC(=O)OC(C)(C)C)c2noc(N)n2)cc1. The highest BCUT2D eigenvalue weighted by Crippen LogP contribution is 2.20. The molecular formula is C16H22N4O4. The van der Waals surface area contributed by atoms with Gasteiger partial charge in [-0.2, -0.15) is 4.98 Å². The van der Waals surface area contributed by atoms with Crippen LogP contribution in [0.4, 0.5) is 10.8 Å². The number of alkyl carbamates (subject to hydrolysis) is 1. The van der Waals surface area contributed by atoms with Crippen LogP contribution in [0.5, 0.6) is 5.75 Å². The van der Waals surface area contributed by atoms with Crippen LogP contribution in [0, 0.1) is 0 Å². The van der Waals surface area contributed by atoms with E-state index in [9.17, 15) is 4.79 Å². The molecule has 8 nitrogen and oxygen atoms in total. The van der Waals surface area contributed by atoms with E-state index in [-0.39, 0.29) is 11.8 Å². The van der Waals surface area contributed by atoms with Crippen molar-refractivity contribution in [2.45, 2.75) is 38.8 Å². The van der Waals surface area contributed by atoms with Crippen molar-refractivity contribution in [2.24, 2.45) is 0 Å². The van der Waals surface area contributed by atoms with Crippen molar-refractivity contribution >= 4 is 12.1 Å². The monoisotopic (exact) mass is 334 g/mol. The van der Waals surface area contributed by atoms with Crippen LogP contribution in [0.3, 0.4) is 0 Å².